The van der Waals surface area contributed by atoms with Crippen molar-refractivity contribution in [2.75, 3.05) is 0 Å². The van der Waals surface area contributed by atoms with Crippen molar-refractivity contribution in [3.63, 3.8) is 0 Å². The molecule has 0 unspecified atom stereocenters. The van der Waals surface area contributed by atoms with E-state index in [4.69, 9.17) is 0 Å². The molecule has 0 saturated carbocycles. The minimum absolute atomic E-state index is 0.973. The molecule has 2 aromatic carbocycles. The summed E-state index contributed by atoms with van der Waals surface area (Å²) in [7, 11) is 0. The molecular weight excluding hydrogens is 218 g/mol. The van der Waals surface area contributed by atoms with Crippen LogP contribution in [0, 0.1) is 13.8 Å². The van der Waals surface area contributed by atoms with Gasteiger partial charge < -0.3 is 4.98 Å². The summed E-state index contributed by atoms with van der Waals surface area (Å²) >= 11 is 0. The van der Waals surface area contributed by atoms with Gasteiger partial charge in [-0.15, -0.1) is 0 Å². The van der Waals surface area contributed by atoms with E-state index >= 15 is 0 Å². The summed E-state index contributed by atoms with van der Waals surface area (Å²) in [5, 5.41) is 1.33. The second-order valence-electron chi connectivity index (χ2n) is 4.94. The van der Waals surface area contributed by atoms with Crippen LogP contribution in [0.4, 0.5) is 0 Å². The first-order valence-corrected chi connectivity index (χ1v) is 6.36. The highest BCUT2D eigenvalue weighted by molar-refractivity contribution is 5.84. The van der Waals surface area contributed by atoms with Gasteiger partial charge in [-0.2, -0.15) is 0 Å². The molecule has 0 aliphatic rings. The van der Waals surface area contributed by atoms with Crippen LogP contribution in [0.3, 0.4) is 0 Å². The number of para-hydroxylation sites is 1. The molecule has 0 amide bonds. The standard InChI is InChI=1S/C17H17N/c1-12-7-9-14(10-8-12)11-17-13(2)15-5-3-4-6-16(15)18-17/h3-10,18H,11H2,1-2H3. The monoisotopic (exact) mass is 235 g/mol. The summed E-state index contributed by atoms with van der Waals surface area (Å²) in [5.74, 6) is 0. The Morgan fingerprint density at radius 2 is 1.61 bits per heavy atom. The Balaban J connectivity index is 1.99. The van der Waals surface area contributed by atoms with E-state index in [0.717, 1.165) is 6.42 Å². The van der Waals surface area contributed by atoms with Crippen LogP contribution >= 0.6 is 0 Å². The maximum atomic E-state index is 3.53. The molecule has 0 atom stereocenters. The third-order valence-electron chi connectivity index (χ3n) is 3.57. The first kappa shape index (κ1) is 11.1. The second-order valence-corrected chi connectivity index (χ2v) is 4.94. The average Bonchev–Trinajstić information content (AvgIpc) is 2.70. The van der Waals surface area contributed by atoms with Gasteiger partial charge in [0.05, 0.1) is 0 Å². The van der Waals surface area contributed by atoms with Crippen LogP contribution < -0.4 is 0 Å². The summed E-state index contributed by atoms with van der Waals surface area (Å²) in [4.78, 5) is 3.53. The van der Waals surface area contributed by atoms with Gasteiger partial charge in [-0.1, -0.05) is 48.0 Å². The smallest absolute Gasteiger partial charge is 0.0458 e. The molecule has 1 heterocycles. The van der Waals surface area contributed by atoms with Gasteiger partial charge in [0.15, 0.2) is 0 Å². The van der Waals surface area contributed by atoms with Crippen molar-refractivity contribution in [1.29, 1.82) is 0 Å². The van der Waals surface area contributed by atoms with Crippen LogP contribution in [0.5, 0.6) is 0 Å². The molecular formula is C17H17N. The van der Waals surface area contributed by atoms with Gasteiger partial charge in [0.25, 0.3) is 0 Å². The number of benzene rings is 2. The van der Waals surface area contributed by atoms with Gasteiger partial charge in [0.1, 0.15) is 0 Å². The lowest BCUT2D eigenvalue weighted by atomic mass is 10.0. The summed E-state index contributed by atoms with van der Waals surface area (Å²) in [6, 6.07) is 17.3. The van der Waals surface area contributed by atoms with Crippen LogP contribution in [0.15, 0.2) is 48.5 Å². The Labute approximate surface area is 107 Å². The van der Waals surface area contributed by atoms with Crippen molar-refractivity contribution in [2.24, 2.45) is 0 Å². The van der Waals surface area contributed by atoms with Gasteiger partial charge in [-0.05, 0) is 31.0 Å². The quantitative estimate of drug-likeness (QED) is 0.678. The third kappa shape index (κ3) is 1.92. The van der Waals surface area contributed by atoms with Crippen molar-refractivity contribution in [1.82, 2.24) is 4.98 Å². The summed E-state index contributed by atoms with van der Waals surface area (Å²) in [6.07, 6.45) is 0.973. The van der Waals surface area contributed by atoms with E-state index < -0.39 is 0 Å². The fourth-order valence-corrected chi connectivity index (χ4v) is 2.42. The zero-order chi connectivity index (χ0) is 12.5. The van der Waals surface area contributed by atoms with E-state index in [9.17, 15) is 0 Å². The number of aromatic nitrogens is 1. The third-order valence-corrected chi connectivity index (χ3v) is 3.57. The zero-order valence-electron chi connectivity index (χ0n) is 10.8. The summed E-state index contributed by atoms with van der Waals surface area (Å²) < 4.78 is 0. The van der Waals surface area contributed by atoms with Crippen molar-refractivity contribution in [3.05, 3.63) is 70.9 Å². The number of nitrogens with one attached hydrogen (secondary N) is 1. The predicted molar refractivity (Wildman–Crippen MR) is 77.0 cm³/mol. The molecule has 1 nitrogen and oxygen atoms in total. The van der Waals surface area contributed by atoms with Crippen molar-refractivity contribution in [2.45, 2.75) is 20.3 Å². The number of H-pyrrole nitrogens is 1. The van der Waals surface area contributed by atoms with Gasteiger partial charge in [-0.25, -0.2) is 0 Å². The van der Waals surface area contributed by atoms with Crippen molar-refractivity contribution >= 4 is 10.9 Å². The van der Waals surface area contributed by atoms with E-state index in [1.165, 1.54) is 33.3 Å². The predicted octanol–water partition coefficient (Wildman–Crippen LogP) is 4.38. The molecule has 0 spiro atoms. The lowest BCUT2D eigenvalue weighted by Crippen LogP contribution is -1.90. The molecule has 0 aliphatic carbocycles. The largest absolute Gasteiger partial charge is 0.358 e. The number of hydrogen-bond acceptors (Lipinski definition) is 0. The average molecular weight is 235 g/mol. The van der Waals surface area contributed by atoms with Gasteiger partial charge >= 0.3 is 0 Å². The van der Waals surface area contributed by atoms with E-state index in [1.54, 1.807) is 0 Å². The van der Waals surface area contributed by atoms with Crippen LogP contribution in [0.25, 0.3) is 10.9 Å². The molecule has 0 fully saturated rings. The Morgan fingerprint density at radius 1 is 0.889 bits per heavy atom. The van der Waals surface area contributed by atoms with Crippen LogP contribution in [0.2, 0.25) is 0 Å². The molecule has 3 rings (SSSR count). The van der Waals surface area contributed by atoms with Crippen LogP contribution in [-0.4, -0.2) is 4.98 Å². The molecule has 18 heavy (non-hydrogen) atoms. The highest BCUT2D eigenvalue weighted by Crippen LogP contribution is 2.23. The van der Waals surface area contributed by atoms with E-state index in [-0.39, 0.29) is 0 Å². The normalized spacial score (nSPS) is 11.0. The van der Waals surface area contributed by atoms with Gasteiger partial charge in [0.2, 0.25) is 0 Å². The summed E-state index contributed by atoms with van der Waals surface area (Å²) in [6.45, 7) is 4.32. The minimum Gasteiger partial charge on any atom is -0.358 e. The van der Waals surface area contributed by atoms with Crippen molar-refractivity contribution in [3.8, 4) is 0 Å². The van der Waals surface area contributed by atoms with Gasteiger partial charge in [0, 0.05) is 23.0 Å². The zero-order valence-corrected chi connectivity index (χ0v) is 10.8. The molecule has 0 saturated heterocycles. The Hall–Kier alpha value is -2.02. The minimum atomic E-state index is 0.973. The maximum absolute atomic E-state index is 3.53. The Bertz CT molecular complexity index is 674. The van der Waals surface area contributed by atoms with E-state index in [1.807, 2.05) is 0 Å². The number of hydrogen-bond donors (Lipinski definition) is 1. The van der Waals surface area contributed by atoms with Crippen LogP contribution in [-0.2, 0) is 6.42 Å². The van der Waals surface area contributed by atoms with Crippen molar-refractivity contribution < 1.29 is 0 Å². The Kier molecular flexibility index (Phi) is 2.67. The molecule has 90 valence electrons. The Morgan fingerprint density at radius 3 is 2.33 bits per heavy atom. The first-order valence-electron chi connectivity index (χ1n) is 6.36. The topological polar surface area (TPSA) is 15.8 Å². The molecule has 1 aromatic heterocycles. The highest BCUT2D eigenvalue weighted by atomic mass is 14.7. The molecule has 1 N–H and O–H groups in total. The molecule has 0 radical (unpaired) electrons. The van der Waals surface area contributed by atoms with E-state index in [0.29, 0.717) is 0 Å². The van der Waals surface area contributed by atoms with Crippen LogP contribution in [0.1, 0.15) is 22.4 Å². The second kappa shape index (κ2) is 4.34. The highest BCUT2D eigenvalue weighted by Gasteiger charge is 2.07. The number of aryl methyl sites for hydroxylation is 2. The SMILES string of the molecule is Cc1ccc(Cc2[nH]c3ccccc3c2C)cc1. The fourth-order valence-electron chi connectivity index (χ4n) is 2.42. The maximum Gasteiger partial charge on any atom is 0.0458 e. The molecule has 1 heteroatoms. The fraction of sp³-hybridized carbons (Fsp3) is 0.176. The number of rotatable bonds is 2. The molecule has 3 aromatic rings. The number of fused-ring (bicyclic) bond motifs is 1. The lowest BCUT2D eigenvalue weighted by Gasteiger charge is -2.02. The van der Waals surface area contributed by atoms with Gasteiger partial charge in [-0.3, -0.25) is 0 Å². The lowest BCUT2D eigenvalue weighted by molar-refractivity contribution is 1.09. The summed E-state index contributed by atoms with van der Waals surface area (Å²) in [5.41, 5.74) is 6.59. The van der Waals surface area contributed by atoms with E-state index in [2.05, 4.69) is 67.4 Å². The molecule has 0 aliphatic heterocycles. The molecule has 0 bridgehead atoms. The number of aromatic amines is 1. The first-order chi connectivity index (χ1) is 8.74.